The predicted octanol–water partition coefficient (Wildman–Crippen LogP) is 3.87. The Bertz CT molecular complexity index is 1270. The fraction of sp³-hybridized carbons (Fsp3) is 0.296. The van der Waals surface area contributed by atoms with Crippen LogP contribution in [0.25, 0.3) is 0 Å². The molecule has 1 amide bonds. The molecule has 1 aliphatic heterocycles. The fourth-order valence-electron chi connectivity index (χ4n) is 3.86. The van der Waals surface area contributed by atoms with Gasteiger partial charge in [-0.05, 0) is 54.8 Å². The van der Waals surface area contributed by atoms with Crippen molar-refractivity contribution >= 4 is 21.6 Å². The van der Waals surface area contributed by atoms with Gasteiger partial charge in [-0.1, -0.05) is 48.0 Å². The second-order valence-electron chi connectivity index (χ2n) is 8.84. The summed E-state index contributed by atoms with van der Waals surface area (Å²) >= 11 is 0. The van der Waals surface area contributed by atoms with Crippen LogP contribution < -0.4 is 10.0 Å². The van der Waals surface area contributed by atoms with E-state index in [0.29, 0.717) is 17.8 Å². The molecule has 0 bridgehead atoms. The minimum atomic E-state index is -3.76. The minimum absolute atomic E-state index is 0.175. The maximum Gasteiger partial charge on any atom is 0.261 e. The van der Waals surface area contributed by atoms with Crippen LogP contribution in [0.4, 0.5) is 5.69 Å². The van der Waals surface area contributed by atoms with Crippen LogP contribution in [0.1, 0.15) is 32.6 Å². The lowest BCUT2D eigenvalue weighted by Crippen LogP contribution is -2.35. The number of nitrogens with one attached hydrogen (secondary N) is 2. The van der Waals surface area contributed by atoms with Crippen molar-refractivity contribution in [3.63, 3.8) is 0 Å². The molecule has 0 saturated carbocycles. The number of anilines is 1. The number of benzene rings is 3. The maximum absolute atomic E-state index is 12.8. The molecule has 3 aromatic carbocycles. The highest BCUT2D eigenvalue weighted by atomic mass is 32.2. The highest BCUT2D eigenvalue weighted by Crippen LogP contribution is 2.22. The van der Waals surface area contributed by atoms with E-state index in [-0.39, 0.29) is 10.8 Å². The first kappa shape index (κ1) is 24.9. The Morgan fingerprint density at radius 1 is 0.914 bits per heavy atom. The standard InChI is InChI=1S/C27H31N3O4S/c1-20-3-11-25(12-4-20)35(32,33)29-26-17-24(10-5-21(26)2)27(31)28-18-22-6-8-23(9-7-22)19-30-13-15-34-16-14-30/h3-12,17,29H,13-16,18-19H2,1-2H3,(H,28,31). The molecule has 1 fully saturated rings. The molecular weight excluding hydrogens is 462 g/mol. The first-order valence-corrected chi connectivity index (χ1v) is 13.1. The van der Waals surface area contributed by atoms with Crippen molar-refractivity contribution in [2.75, 3.05) is 31.0 Å². The van der Waals surface area contributed by atoms with E-state index in [2.05, 4.69) is 27.1 Å². The molecule has 0 atom stereocenters. The van der Waals surface area contributed by atoms with Gasteiger partial charge in [-0.3, -0.25) is 14.4 Å². The molecule has 8 heteroatoms. The van der Waals surface area contributed by atoms with Crippen LogP contribution in [0.15, 0.2) is 71.6 Å². The summed E-state index contributed by atoms with van der Waals surface area (Å²) in [6.45, 7) is 8.41. The minimum Gasteiger partial charge on any atom is -0.379 e. The van der Waals surface area contributed by atoms with Crippen LogP contribution in [0.2, 0.25) is 0 Å². The van der Waals surface area contributed by atoms with Gasteiger partial charge in [0.15, 0.2) is 0 Å². The van der Waals surface area contributed by atoms with E-state index in [1.165, 1.54) is 5.56 Å². The molecule has 1 aliphatic rings. The van der Waals surface area contributed by atoms with Gasteiger partial charge in [-0.2, -0.15) is 0 Å². The second kappa shape index (κ2) is 11.0. The van der Waals surface area contributed by atoms with Gasteiger partial charge in [0.1, 0.15) is 0 Å². The van der Waals surface area contributed by atoms with Gasteiger partial charge in [0.25, 0.3) is 15.9 Å². The Kier molecular flexibility index (Phi) is 7.85. The van der Waals surface area contributed by atoms with Crippen LogP contribution >= 0.6 is 0 Å². The van der Waals surface area contributed by atoms with Gasteiger partial charge >= 0.3 is 0 Å². The van der Waals surface area contributed by atoms with Crippen LogP contribution in [0.5, 0.6) is 0 Å². The van der Waals surface area contributed by atoms with Crippen LogP contribution in [-0.2, 0) is 27.8 Å². The lowest BCUT2D eigenvalue weighted by molar-refractivity contribution is 0.0342. The van der Waals surface area contributed by atoms with Crippen molar-refractivity contribution in [3.8, 4) is 0 Å². The number of sulfonamides is 1. The third-order valence-electron chi connectivity index (χ3n) is 6.06. The zero-order valence-electron chi connectivity index (χ0n) is 20.1. The van der Waals surface area contributed by atoms with Crippen molar-refractivity contribution in [1.29, 1.82) is 0 Å². The lowest BCUT2D eigenvalue weighted by Gasteiger charge is -2.26. The molecule has 1 saturated heterocycles. The molecule has 0 radical (unpaired) electrons. The smallest absolute Gasteiger partial charge is 0.261 e. The normalized spacial score (nSPS) is 14.5. The summed E-state index contributed by atoms with van der Waals surface area (Å²) in [4.78, 5) is 15.3. The summed E-state index contributed by atoms with van der Waals surface area (Å²) in [5.74, 6) is -0.266. The average molecular weight is 494 g/mol. The predicted molar refractivity (Wildman–Crippen MR) is 137 cm³/mol. The molecule has 7 nitrogen and oxygen atoms in total. The largest absolute Gasteiger partial charge is 0.379 e. The first-order valence-electron chi connectivity index (χ1n) is 11.7. The van der Waals surface area contributed by atoms with E-state index < -0.39 is 10.0 Å². The Labute approximate surface area is 207 Å². The number of morpholine rings is 1. The number of carbonyl (C=O) groups is 1. The third-order valence-corrected chi connectivity index (χ3v) is 7.44. The zero-order valence-corrected chi connectivity index (χ0v) is 20.9. The van der Waals surface area contributed by atoms with Gasteiger partial charge in [0, 0.05) is 31.7 Å². The molecule has 184 valence electrons. The summed E-state index contributed by atoms with van der Waals surface area (Å²) in [7, 11) is -3.76. The molecule has 0 aromatic heterocycles. The SMILES string of the molecule is Cc1ccc(S(=O)(=O)Nc2cc(C(=O)NCc3ccc(CN4CCOCC4)cc3)ccc2C)cc1. The van der Waals surface area contributed by atoms with Crippen LogP contribution in [0.3, 0.4) is 0 Å². The summed E-state index contributed by atoms with van der Waals surface area (Å²) in [5, 5.41) is 2.92. The molecule has 0 aliphatic carbocycles. The molecule has 2 N–H and O–H groups in total. The number of amides is 1. The lowest BCUT2D eigenvalue weighted by atomic mass is 10.1. The van der Waals surface area contributed by atoms with Gasteiger partial charge in [0.2, 0.25) is 0 Å². The number of carbonyl (C=O) groups excluding carboxylic acids is 1. The van der Waals surface area contributed by atoms with E-state index in [4.69, 9.17) is 4.74 Å². The topological polar surface area (TPSA) is 87.7 Å². The summed E-state index contributed by atoms with van der Waals surface area (Å²) in [5.41, 5.74) is 4.70. The van der Waals surface area contributed by atoms with E-state index in [0.717, 1.165) is 49.5 Å². The number of hydrogen-bond acceptors (Lipinski definition) is 5. The summed E-state index contributed by atoms with van der Waals surface area (Å²) in [6, 6.07) is 19.8. The van der Waals surface area contributed by atoms with Gasteiger partial charge in [-0.15, -0.1) is 0 Å². The highest BCUT2D eigenvalue weighted by molar-refractivity contribution is 7.92. The van der Waals surface area contributed by atoms with Crippen LogP contribution in [-0.4, -0.2) is 45.5 Å². The second-order valence-corrected chi connectivity index (χ2v) is 10.5. The van der Waals surface area contributed by atoms with E-state index in [9.17, 15) is 13.2 Å². The van der Waals surface area contributed by atoms with Crippen molar-refractivity contribution in [2.24, 2.45) is 0 Å². The van der Waals surface area contributed by atoms with E-state index in [1.807, 2.05) is 19.1 Å². The number of hydrogen-bond donors (Lipinski definition) is 2. The monoisotopic (exact) mass is 493 g/mol. The number of aryl methyl sites for hydroxylation is 2. The molecule has 0 spiro atoms. The van der Waals surface area contributed by atoms with Gasteiger partial charge in [0.05, 0.1) is 23.8 Å². The molecule has 35 heavy (non-hydrogen) atoms. The van der Waals surface area contributed by atoms with Crippen molar-refractivity contribution in [1.82, 2.24) is 10.2 Å². The van der Waals surface area contributed by atoms with Crippen LogP contribution in [0, 0.1) is 13.8 Å². The Morgan fingerprint density at radius 3 is 2.26 bits per heavy atom. The average Bonchev–Trinajstić information content (AvgIpc) is 2.85. The number of ether oxygens (including phenoxy) is 1. The maximum atomic E-state index is 12.8. The quantitative estimate of drug-likeness (QED) is 0.498. The Morgan fingerprint density at radius 2 is 1.57 bits per heavy atom. The fourth-order valence-corrected chi connectivity index (χ4v) is 4.98. The molecular formula is C27H31N3O4S. The van der Waals surface area contributed by atoms with E-state index in [1.54, 1.807) is 49.4 Å². The Hall–Kier alpha value is -3.20. The summed E-state index contributed by atoms with van der Waals surface area (Å²) < 4.78 is 33.6. The van der Waals surface area contributed by atoms with Crippen molar-refractivity contribution in [3.05, 3.63) is 94.5 Å². The molecule has 1 heterocycles. The number of rotatable bonds is 8. The van der Waals surface area contributed by atoms with Gasteiger partial charge < -0.3 is 10.1 Å². The molecule has 0 unspecified atom stereocenters. The van der Waals surface area contributed by atoms with E-state index >= 15 is 0 Å². The highest BCUT2D eigenvalue weighted by Gasteiger charge is 2.17. The first-order chi connectivity index (χ1) is 16.8. The zero-order chi connectivity index (χ0) is 24.8. The molecule has 3 aromatic rings. The Balaban J connectivity index is 1.37. The third kappa shape index (κ3) is 6.69. The summed E-state index contributed by atoms with van der Waals surface area (Å²) in [6.07, 6.45) is 0. The number of nitrogens with zero attached hydrogens (tertiary/aromatic N) is 1. The van der Waals surface area contributed by atoms with Gasteiger partial charge in [-0.25, -0.2) is 8.42 Å². The van der Waals surface area contributed by atoms with Crippen molar-refractivity contribution in [2.45, 2.75) is 31.8 Å². The van der Waals surface area contributed by atoms with Crippen molar-refractivity contribution < 1.29 is 17.9 Å². The molecule has 4 rings (SSSR count).